The lowest BCUT2D eigenvalue weighted by Crippen LogP contribution is -1.87. The molecule has 0 bridgehead atoms. The van der Waals surface area contributed by atoms with Crippen LogP contribution >= 0.6 is 12.6 Å². The number of ketones is 1. The number of carbonyl (C=O) groups is 1. The molecule has 8 heavy (non-hydrogen) atoms. The molecule has 0 spiro atoms. The molecule has 0 aromatic rings. The molecule has 46 valence electrons. The smallest absolute Gasteiger partial charge is 0.130 e. The van der Waals surface area contributed by atoms with Crippen LogP contribution in [-0.2, 0) is 4.79 Å². The first-order chi connectivity index (χ1) is 3.77. The van der Waals surface area contributed by atoms with Crippen molar-refractivity contribution >= 4 is 18.4 Å². The Hall–Kier alpha value is -0.420. The maximum absolute atomic E-state index is 9.99. The molecule has 0 saturated carbocycles. The molecule has 0 saturated heterocycles. The molecule has 0 N–H and O–H groups in total. The number of thiol groups is 1. The summed E-state index contributed by atoms with van der Waals surface area (Å²) in [5.74, 6) is 0.889. The van der Waals surface area contributed by atoms with Gasteiger partial charge in [-0.1, -0.05) is 0 Å². The molecule has 0 heterocycles. The third-order valence-electron chi connectivity index (χ3n) is 0.464. The predicted octanol–water partition coefficient (Wildman–Crippen LogP) is 1.14. The molecular formula is C6H10OS. The van der Waals surface area contributed by atoms with E-state index in [-0.39, 0.29) is 5.78 Å². The molecule has 0 aliphatic carbocycles. The molecule has 0 rings (SSSR count). The lowest BCUT2D eigenvalue weighted by molar-refractivity contribution is -0.116. The fraction of sp³-hybridized carbons (Fsp3) is 0.500. The van der Waals surface area contributed by atoms with Crippen molar-refractivity contribution in [2.45, 2.75) is 13.3 Å². The third-order valence-corrected chi connectivity index (χ3v) is 0.687. The van der Waals surface area contributed by atoms with E-state index in [2.05, 4.69) is 25.5 Å². The van der Waals surface area contributed by atoms with Gasteiger partial charge in [0.2, 0.25) is 0 Å². The number of hydrogen-bond donors (Lipinski definition) is 1. The minimum atomic E-state index is 0.213. The van der Waals surface area contributed by atoms with E-state index >= 15 is 0 Å². The Labute approximate surface area is 55.9 Å². The topological polar surface area (TPSA) is 17.1 Å². The normalized spacial score (nSPS) is 6.50. The van der Waals surface area contributed by atoms with E-state index in [9.17, 15) is 4.79 Å². The first-order valence-corrected chi connectivity index (χ1v) is 2.84. The van der Waals surface area contributed by atoms with Gasteiger partial charge in [0.05, 0.1) is 0 Å². The average Bonchev–Trinajstić information content (AvgIpc) is 1.72. The maximum atomic E-state index is 9.99. The van der Waals surface area contributed by atoms with Gasteiger partial charge in [-0.3, -0.25) is 4.79 Å². The molecule has 0 atom stereocenters. The standard InChI is InChI=1S/C4H8OS.C2H2/c1-4(5)2-3-6;1-2/h6H,2-3H2,1H3;1-2H. The second kappa shape index (κ2) is 9.77. The van der Waals surface area contributed by atoms with Gasteiger partial charge in [0.15, 0.2) is 0 Å². The highest BCUT2D eigenvalue weighted by atomic mass is 32.1. The van der Waals surface area contributed by atoms with E-state index in [0.29, 0.717) is 12.2 Å². The Morgan fingerprint density at radius 3 is 2.00 bits per heavy atom. The molecule has 0 amide bonds. The van der Waals surface area contributed by atoms with Crippen LogP contribution in [0.2, 0.25) is 0 Å². The summed E-state index contributed by atoms with van der Waals surface area (Å²) in [6.45, 7) is 1.57. The summed E-state index contributed by atoms with van der Waals surface area (Å²) in [5.41, 5.74) is 0. The Kier molecular flexibility index (Phi) is 12.9. The van der Waals surface area contributed by atoms with Gasteiger partial charge in [0.1, 0.15) is 5.78 Å². The number of terminal acetylenes is 1. The van der Waals surface area contributed by atoms with Gasteiger partial charge in [-0.2, -0.15) is 12.6 Å². The van der Waals surface area contributed by atoms with Gasteiger partial charge in [0.25, 0.3) is 0 Å². The SMILES string of the molecule is C#C.CC(=O)CCS. The van der Waals surface area contributed by atoms with E-state index in [1.807, 2.05) is 0 Å². The van der Waals surface area contributed by atoms with Gasteiger partial charge >= 0.3 is 0 Å². The van der Waals surface area contributed by atoms with Crippen molar-refractivity contribution in [2.24, 2.45) is 0 Å². The Bertz CT molecular complexity index is 75.8. The van der Waals surface area contributed by atoms with Gasteiger partial charge in [-0.25, -0.2) is 0 Å². The summed E-state index contributed by atoms with van der Waals surface area (Å²) >= 11 is 3.84. The fourth-order valence-electron chi connectivity index (χ4n) is 0.157. The monoisotopic (exact) mass is 130 g/mol. The minimum Gasteiger partial charge on any atom is -0.300 e. The van der Waals surface area contributed by atoms with E-state index in [1.54, 1.807) is 6.92 Å². The highest BCUT2D eigenvalue weighted by Gasteiger charge is 1.84. The van der Waals surface area contributed by atoms with Crippen LogP contribution in [0, 0.1) is 12.8 Å². The number of carbonyl (C=O) groups excluding carboxylic acids is 1. The van der Waals surface area contributed by atoms with E-state index in [4.69, 9.17) is 0 Å². The molecule has 0 fully saturated rings. The molecule has 0 aromatic carbocycles. The number of rotatable bonds is 2. The first kappa shape index (κ1) is 10.5. The van der Waals surface area contributed by atoms with Gasteiger partial charge in [-0.05, 0) is 12.7 Å². The van der Waals surface area contributed by atoms with Crippen LogP contribution in [0.15, 0.2) is 0 Å². The van der Waals surface area contributed by atoms with Crippen molar-refractivity contribution in [3.63, 3.8) is 0 Å². The van der Waals surface area contributed by atoms with Gasteiger partial charge in [0, 0.05) is 6.42 Å². The van der Waals surface area contributed by atoms with Crippen molar-refractivity contribution in [3.05, 3.63) is 0 Å². The first-order valence-electron chi connectivity index (χ1n) is 2.21. The Morgan fingerprint density at radius 1 is 1.62 bits per heavy atom. The number of hydrogen-bond acceptors (Lipinski definition) is 2. The molecule has 0 aromatic heterocycles. The summed E-state index contributed by atoms with van der Waals surface area (Å²) in [7, 11) is 0. The van der Waals surface area contributed by atoms with E-state index in [1.165, 1.54) is 0 Å². The Morgan fingerprint density at radius 2 is 2.00 bits per heavy atom. The van der Waals surface area contributed by atoms with Crippen LogP contribution in [0.4, 0.5) is 0 Å². The predicted molar refractivity (Wildman–Crippen MR) is 39.0 cm³/mol. The second-order valence-corrected chi connectivity index (χ2v) is 1.62. The third kappa shape index (κ3) is 17.6. The summed E-state index contributed by atoms with van der Waals surface area (Å²) in [5, 5.41) is 0. The van der Waals surface area contributed by atoms with Crippen molar-refractivity contribution in [1.29, 1.82) is 0 Å². The number of Topliss-reactive ketones (excluding diaryl/α,β-unsaturated/α-hetero) is 1. The summed E-state index contributed by atoms with van der Waals surface area (Å²) in [6.07, 6.45) is 8.60. The molecule has 0 unspecified atom stereocenters. The summed E-state index contributed by atoms with van der Waals surface area (Å²) in [6, 6.07) is 0. The second-order valence-electron chi connectivity index (χ2n) is 1.18. The van der Waals surface area contributed by atoms with Gasteiger partial charge < -0.3 is 0 Å². The molecule has 1 nitrogen and oxygen atoms in total. The van der Waals surface area contributed by atoms with Crippen LogP contribution in [-0.4, -0.2) is 11.5 Å². The van der Waals surface area contributed by atoms with Crippen molar-refractivity contribution in [3.8, 4) is 12.8 Å². The molecule has 0 aliphatic rings. The zero-order chi connectivity index (χ0) is 6.99. The van der Waals surface area contributed by atoms with Crippen molar-refractivity contribution in [2.75, 3.05) is 5.75 Å². The van der Waals surface area contributed by atoms with Crippen molar-refractivity contribution < 1.29 is 4.79 Å². The fourth-order valence-corrected chi connectivity index (χ4v) is 0.472. The van der Waals surface area contributed by atoms with Crippen LogP contribution in [0.25, 0.3) is 0 Å². The van der Waals surface area contributed by atoms with Crippen molar-refractivity contribution in [1.82, 2.24) is 0 Å². The average molecular weight is 130 g/mol. The zero-order valence-electron chi connectivity index (χ0n) is 4.92. The maximum Gasteiger partial charge on any atom is 0.130 e. The highest BCUT2D eigenvalue weighted by molar-refractivity contribution is 7.80. The Balaban J connectivity index is 0. The van der Waals surface area contributed by atoms with Crippen LogP contribution in [0.5, 0.6) is 0 Å². The quantitative estimate of drug-likeness (QED) is 0.438. The molecule has 0 radical (unpaired) electrons. The summed E-state index contributed by atoms with van der Waals surface area (Å²) < 4.78 is 0. The van der Waals surface area contributed by atoms with Crippen LogP contribution in [0.3, 0.4) is 0 Å². The largest absolute Gasteiger partial charge is 0.300 e. The molecular weight excluding hydrogens is 120 g/mol. The van der Waals surface area contributed by atoms with E-state index < -0.39 is 0 Å². The molecule has 2 heteroatoms. The minimum absolute atomic E-state index is 0.213. The lowest BCUT2D eigenvalue weighted by atomic mass is 10.4. The van der Waals surface area contributed by atoms with Gasteiger partial charge in [-0.15, -0.1) is 12.8 Å². The zero-order valence-corrected chi connectivity index (χ0v) is 5.82. The summed E-state index contributed by atoms with van der Waals surface area (Å²) in [4.78, 5) is 9.99. The molecule has 0 aliphatic heterocycles. The highest BCUT2D eigenvalue weighted by Crippen LogP contribution is 1.82. The lowest BCUT2D eigenvalue weighted by Gasteiger charge is -1.80. The van der Waals surface area contributed by atoms with Crippen LogP contribution in [0.1, 0.15) is 13.3 Å². The van der Waals surface area contributed by atoms with Crippen LogP contribution < -0.4 is 0 Å². The van der Waals surface area contributed by atoms with E-state index in [0.717, 1.165) is 0 Å².